The average molecular weight is 658 g/mol. The number of rotatable bonds is 14. The van der Waals surface area contributed by atoms with Gasteiger partial charge in [0.25, 0.3) is 0 Å². The van der Waals surface area contributed by atoms with Crippen LogP contribution >= 0.6 is 0 Å². The molecule has 0 aliphatic carbocycles. The van der Waals surface area contributed by atoms with E-state index in [9.17, 15) is 49.5 Å². The molecule has 2 aromatic rings. The number of phenolic OH excluding ortho intramolecular Hbond substituents is 1. The number of carboxylic acids is 4. The molecule has 15 heteroatoms. The lowest BCUT2D eigenvalue weighted by Gasteiger charge is -2.37. The summed E-state index contributed by atoms with van der Waals surface area (Å²) in [5, 5.41) is 50.5. The van der Waals surface area contributed by atoms with Crippen LogP contribution in [0.25, 0.3) is 0 Å². The van der Waals surface area contributed by atoms with Gasteiger partial charge in [-0.3, -0.25) is 43.6 Å². The molecule has 1 atom stereocenters. The number of carbonyl (C=O) groups is 5. The minimum atomic E-state index is -1.09. The van der Waals surface area contributed by atoms with E-state index < -0.39 is 29.9 Å². The number of carbonyl (C=O) groups excluding carboxylic acids is 1. The second kappa shape index (κ2) is 18.5. The summed E-state index contributed by atoms with van der Waals surface area (Å²) in [7, 11) is 0. The lowest BCUT2D eigenvalue weighted by atomic mass is 10.0. The van der Waals surface area contributed by atoms with Crippen molar-refractivity contribution in [1.82, 2.24) is 19.6 Å². The maximum absolute atomic E-state index is 12.5. The number of benzene rings is 2. The van der Waals surface area contributed by atoms with Crippen molar-refractivity contribution in [3.05, 3.63) is 59.7 Å². The highest BCUT2D eigenvalue weighted by molar-refractivity contribution is 5.90. The van der Waals surface area contributed by atoms with Gasteiger partial charge in [0, 0.05) is 64.0 Å². The zero-order valence-electron chi connectivity index (χ0n) is 26.2. The molecule has 1 fully saturated rings. The molecule has 1 unspecified atom stereocenters. The quantitative estimate of drug-likeness (QED) is 0.163. The number of phenols is 1. The molecule has 0 aromatic heterocycles. The largest absolute Gasteiger partial charge is 0.508 e. The number of hydrogen-bond acceptors (Lipinski definition) is 10. The van der Waals surface area contributed by atoms with E-state index in [1.807, 2.05) is 0 Å². The van der Waals surface area contributed by atoms with Crippen LogP contribution in [0.3, 0.4) is 0 Å². The summed E-state index contributed by atoms with van der Waals surface area (Å²) in [6.45, 7) is 0.133. The summed E-state index contributed by atoms with van der Waals surface area (Å²) < 4.78 is 0. The van der Waals surface area contributed by atoms with Crippen molar-refractivity contribution in [1.29, 1.82) is 0 Å². The number of carboxylic acid groups (broad SMARTS) is 4. The van der Waals surface area contributed by atoms with Crippen LogP contribution in [0, 0.1) is 0 Å². The Morgan fingerprint density at radius 1 is 0.617 bits per heavy atom. The zero-order valence-corrected chi connectivity index (χ0v) is 26.2. The van der Waals surface area contributed by atoms with Gasteiger partial charge in [0.15, 0.2) is 0 Å². The van der Waals surface area contributed by atoms with E-state index in [1.165, 1.54) is 0 Å². The fourth-order valence-corrected chi connectivity index (χ4v) is 5.50. The first-order valence-electron chi connectivity index (χ1n) is 15.3. The van der Waals surface area contributed by atoms with Crippen molar-refractivity contribution in [2.24, 2.45) is 0 Å². The second-order valence-electron chi connectivity index (χ2n) is 11.6. The van der Waals surface area contributed by atoms with Gasteiger partial charge < -0.3 is 30.8 Å². The van der Waals surface area contributed by atoms with Crippen LogP contribution in [0.1, 0.15) is 17.5 Å². The Labute approximate surface area is 272 Å². The monoisotopic (exact) mass is 657 g/mol. The zero-order chi connectivity index (χ0) is 34.3. The van der Waals surface area contributed by atoms with Gasteiger partial charge in [0.2, 0.25) is 5.91 Å². The van der Waals surface area contributed by atoms with Gasteiger partial charge in [-0.25, -0.2) is 0 Å². The third-order valence-electron chi connectivity index (χ3n) is 7.85. The van der Waals surface area contributed by atoms with E-state index in [1.54, 1.807) is 68.1 Å². The Morgan fingerprint density at radius 2 is 1.09 bits per heavy atom. The topological polar surface area (TPSA) is 211 Å². The van der Waals surface area contributed by atoms with E-state index >= 15 is 0 Å². The summed E-state index contributed by atoms with van der Waals surface area (Å²) in [6.07, 6.45) is 1.06. The van der Waals surface area contributed by atoms with E-state index in [2.05, 4.69) is 5.32 Å². The van der Waals surface area contributed by atoms with E-state index in [-0.39, 0.29) is 90.1 Å². The summed E-state index contributed by atoms with van der Waals surface area (Å²) in [4.78, 5) is 66.0. The Kier molecular flexibility index (Phi) is 14.6. The minimum absolute atomic E-state index is 0.151. The van der Waals surface area contributed by atoms with Gasteiger partial charge in [-0.15, -0.1) is 0 Å². The molecule has 256 valence electrons. The molecule has 0 saturated carbocycles. The molecule has 0 bridgehead atoms. The van der Waals surface area contributed by atoms with E-state index in [0.717, 1.165) is 11.1 Å². The van der Waals surface area contributed by atoms with Crippen LogP contribution in [-0.4, -0.2) is 153 Å². The van der Waals surface area contributed by atoms with Crippen LogP contribution in [0.4, 0.5) is 5.69 Å². The predicted octanol–water partition coefficient (Wildman–Crippen LogP) is 0.435. The first-order valence-corrected chi connectivity index (χ1v) is 15.3. The van der Waals surface area contributed by atoms with Gasteiger partial charge in [0.05, 0.1) is 26.2 Å². The van der Waals surface area contributed by atoms with Gasteiger partial charge in [-0.2, -0.15) is 0 Å². The van der Waals surface area contributed by atoms with Crippen molar-refractivity contribution in [3.8, 4) is 5.75 Å². The minimum Gasteiger partial charge on any atom is -0.508 e. The third kappa shape index (κ3) is 14.2. The van der Waals surface area contributed by atoms with E-state index in [0.29, 0.717) is 18.5 Å². The molecule has 3 rings (SSSR count). The Morgan fingerprint density at radius 3 is 1.62 bits per heavy atom. The molecule has 1 aliphatic heterocycles. The summed E-state index contributed by atoms with van der Waals surface area (Å²) in [5.74, 6) is -4.33. The summed E-state index contributed by atoms with van der Waals surface area (Å²) >= 11 is 0. The van der Waals surface area contributed by atoms with Crippen molar-refractivity contribution < 1.29 is 49.5 Å². The maximum atomic E-state index is 12.5. The lowest BCUT2D eigenvalue weighted by molar-refractivity contribution is -0.142. The third-order valence-corrected chi connectivity index (χ3v) is 7.85. The number of aryl methyl sites for hydroxylation is 1. The molecule has 1 aliphatic rings. The van der Waals surface area contributed by atoms with Crippen molar-refractivity contribution in [2.45, 2.75) is 25.3 Å². The number of hydrogen-bond donors (Lipinski definition) is 6. The highest BCUT2D eigenvalue weighted by Gasteiger charge is 2.27. The predicted molar refractivity (Wildman–Crippen MR) is 170 cm³/mol. The highest BCUT2D eigenvalue weighted by Crippen LogP contribution is 2.17. The Hall–Kier alpha value is -4.57. The number of anilines is 1. The SMILES string of the molecule is O=C(O)CN1CCN(CC(=O)O)CCN(CC(=O)O)C(Cc2ccc(NC(=O)CCc3ccc(O)cc3)cc2)CN(CC(=O)O)CC1. The molecule has 0 radical (unpaired) electrons. The Balaban J connectivity index is 1.79. The van der Waals surface area contributed by atoms with Crippen LogP contribution in [0.2, 0.25) is 0 Å². The van der Waals surface area contributed by atoms with Gasteiger partial charge >= 0.3 is 23.9 Å². The number of aromatic hydroxyl groups is 1. The van der Waals surface area contributed by atoms with Crippen LogP contribution in [-0.2, 0) is 36.8 Å². The van der Waals surface area contributed by atoms with Crippen molar-refractivity contribution in [3.63, 3.8) is 0 Å². The van der Waals surface area contributed by atoms with Crippen LogP contribution in [0.5, 0.6) is 5.75 Å². The number of aliphatic carboxylic acids is 4. The fraction of sp³-hybridized carbons (Fsp3) is 0.469. The highest BCUT2D eigenvalue weighted by atomic mass is 16.4. The van der Waals surface area contributed by atoms with Crippen molar-refractivity contribution >= 4 is 35.5 Å². The standard InChI is InChI=1S/C32H43N5O10/c38-27-8-3-23(4-9-27)5-10-28(39)33-25-6-1-24(2-7-25)17-26-18-36(21-31(44)45)14-13-34(19-29(40)41)11-12-35(20-30(42)43)15-16-37(26)22-32(46)47/h1-4,6-9,26,38H,5,10-22H2,(H,33,39)(H,40,41)(H,42,43)(H,44,45)(H,46,47). The fourth-order valence-electron chi connectivity index (χ4n) is 5.50. The molecule has 15 nitrogen and oxygen atoms in total. The molecule has 47 heavy (non-hydrogen) atoms. The molecule has 2 aromatic carbocycles. The molecule has 1 saturated heterocycles. The van der Waals surface area contributed by atoms with Gasteiger partial charge in [-0.05, 0) is 48.2 Å². The normalized spacial score (nSPS) is 17.7. The molecule has 1 heterocycles. The molecule has 1 amide bonds. The second-order valence-corrected chi connectivity index (χ2v) is 11.6. The summed E-state index contributed by atoms with van der Waals surface area (Å²) in [6, 6.07) is 13.2. The van der Waals surface area contributed by atoms with E-state index in [4.69, 9.17) is 0 Å². The first-order chi connectivity index (χ1) is 22.4. The smallest absolute Gasteiger partial charge is 0.317 e. The van der Waals surface area contributed by atoms with Crippen LogP contribution in [0.15, 0.2) is 48.5 Å². The molecular formula is C32H43N5O10. The van der Waals surface area contributed by atoms with Crippen molar-refractivity contribution in [2.75, 3.05) is 77.3 Å². The number of amides is 1. The van der Waals surface area contributed by atoms with Gasteiger partial charge in [-0.1, -0.05) is 24.3 Å². The first kappa shape index (κ1) is 36.9. The average Bonchev–Trinajstić information content (AvgIpc) is 2.99. The van der Waals surface area contributed by atoms with Crippen LogP contribution < -0.4 is 5.32 Å². The molecule has 6 N–H and O–H groups in total. The molecule has 0 spiro atoms. The Bertz CT molecular complexity index is 1360. The number of nitrogens with zero attached hydrogens (tertiary/aromatic N) is 4. The number of nitrogens with one attached hydrogen (secondary N) is 1. The lowest BCUT2D eigenvalue weighted by Crippen LogP contribution is -2.53. The summed E-state index contributed by atoms with van der Waals surface area (Å²) in [5.41, 5.74) is 2.29. The van der Waals surface area contributed by atoms with Gasteiger partial charge in [0.1, 0.15) is 5.75 Å². The maximum Gasteiger partial charge on any atom is 0.317 e. The molecular weight excluding hydrogens is 614 g/mol.